The third-order valence-electron chi connectivity index (χ3n) is 4.31. The van der Waals surface area contributed by atoms with Gasteiger partial charge in [-0.3, -0.25) is 10.1 Å². The first kappa shape index (κ1) is 17.6. The highest BCUT2D eigenvalue weighted by atomic mass is 32.1. The number of carbonyl (C=O) groups excluding carboxylic acids is 1. The quantitative estimate of drug-likeness (QED) is 0.631. The fourth-order valence-corrected chi connectivity index (χ4v) is 3.53. The van der Waals surface area contributed by atoms with Crippen molar-refractivity contribution in [2.45, 2.75) is 46.0 Å². The Bertz CT molecular complexity index is 902. The number of nitrogens with one attached hydrogen (secondary N) is 1. The van der Waals surface area contributed by atoms with Gasteiger partial charge in [-0.15, -0.1) is 0 Å². The summed E-state index contributed by atoms with van der Waals surface area (Å²) in [6.45, 7) is 10.9. The summed E-state index contributed by atoms with van der Waals surface area (Å²) in [5.41, 5.74) is 4.17. The molecule has 1 amide bonds. The van der Waals surface area contributed by atoms with E-state index in [9.17, 15) is 4.79 Å². The van der Waals surface area contributed by atoms with Gasteiger partial charge in [0.1, 0.15) is 0 Å². The van der Waals surface area contributed by atoms with Crippen molar-refractivity contribution in [2.75, 3.05) is 5.32 Å². The molecule has 3 rings (SSSR count). The van der Waals surface area contributed by atoms with Crippen LogP contribution in [-0.2, 0) is 5.41 Å². The SMILES string of the molecule is CC(C)c1ccc(C(=O)Nc2nc3ccc(C(C)(C)C)cc3s2)cc1. The van der Waals surface area contributed by atoms with Gasteiger partial charge in [0.15, 0.2) is 5.13 Å². The third-order valence-corrected chi connectivity index (χ3v) is 5.25. The van der Waals surface area contributed by atoms with Crippen molar-refractivity contribution in [3.63, 3.8) is 0 Å². The van der Waals surface area contributed by atoms with Crippen molar-refractivity contribution in [3.8, 4) is 0 Å². The van der Waals surface area contributed by atoms with E-state index in [2.05, 4.69) is 57.1 Å². The van der Waals surface area contributed by atoms with Crippen molar-refractivity contribution in [3.05, 3.63) is 59.2 Å². The zero-order valence-electron chi connectivity index (χ0n) is 15.4. The average Bonchev–Trinajstić information content (AvgIpc) is 2.95. The van der Waals surface area contributed by atoms with E-state index in [1.807, 2.05) is 30.3 Å². The molecule has 25 heavy (non-hydrogen) atoms. The summed E-state index contributed by atoms with van der Waals surface area (Å²) >= 11 is 1.52. The van der Waals surface area contributed by atoms with Crippen molar-refractivity contribution in [2.24, 2.45) is 0 Å². The van der Waals surface area contributed by atoms with Crippen molar-refractivity contribution >= 4 is 32.6 Å². The number of hydrogen-bond acceptors (Lipinski definition) is 3. The summed E-state index contributed by atoms with van der Waals surface area (Å²) < 4.78 is 1.10. The Balaban J connectivity index is 1.81. The van der Waals surface area contributed by atoms with E-state index in [0.29, 0.717) is 16.6 Å². The summed E-state index contributed by atoms with van der Waals surface area (Å²) in [5.74, 6) is 0.337. The molecule has 3 aromatic rings. The average molecular weight is 353 g/mol. The summed E-state index contributed by atoms with van der Waals surface area (Å²) in [6.07, 6.45) is 0. The van der Waals surface area contributed by atoms with Gasteiger partial charge in [-0.2, -0.15) is 0 Å². The number of benzene rings is 2. The molecule has 0 bridgehead atoms. The van der Waals surface area contributed by atoms with E-state index >= 15 is 0 Å². The van der Waals surface area contributed by atoms with E-state index in [1.165, 1.54) is 22.5 Å². The fourth-order valence-electron chi connectivity index (χ4n) is 2.63. The largest absolute Gasteiger partial charge is 0.298 e. The number of amides is 1. The molecule has 130 valence electrons. The van der Waals surface area contributed by atoms with Gasteiger partial charge in [-0.25, -0.2) is 4.98 Å². The Labute approximate surface area is 153 Å². The Morgan fingerprint density at radius 1 is 1.08 bits per heavy atom. The lowest BCUT2D eigenvalue weighted by molar-refractivity contribution is 0.102. The molecule has 0 radical (unpaired) electrons. The molecule has 1 aromatic heterocycles. The highest BCUT2D eigenvalue weighted by Crippen LogP contribution is 2.31. The molecule has 0 aliphatic heterocycles. The maximum absolute atomic E-state index is 12.5. The van der Waals surface area contributed by atoms with Crippen molar-refractivity contribution in [1.82, 2.24) is 4.98 Å². The van der Waals surface area contributed by atoms with Gasteiger partial charge in [0.2, 0.25) is 0 Å². The van der Waals surface area contributed by atoms with Crippen LogP contribution in [0.2, 0.25) is 0 Å². The lowest BCUT2D eigenvalue weighted by Gasteiger charge is -2.18. The topological polar surface area (TPSA) is 42.0 Å². The molecule has 4 heteroatoms. The number of anilines is 1. The van der Waals surface area contributed by atoms with Gasteiger partial charge in [-0.05, 0) is 46.7 Å². The molecule has 1 N–H and O–H groups in total. The summed E-state index contributed by atoms with van der Waals surface area (Å²) in [7, 11) is 0. The predicted octanol–water partition coefficient (Wildman–Crippen LogP) is 5.97. The maximum atomic E-state index is 12.5. The molecule has 0 atom stereocenters. The van der Waals surface area contributed by atoms with Gasteiger partial charge in [0.05, 0.1) is 10.2 Å². The third kappa shape index (κ3) is 3.90. The van der Waals surface area contributed by atoms with Gasteiger partial charge in [-0.1, -0.05) is 64.2 Å². The maximum Gasteiger partial charge on any atom is 0.257 e. The molecule has 2 aromatic carbocycles. The van der Waals surface area contributed by atoms with E-state index < -0.39 is 0 Å². The second-order valence-corrected chi connectivity index (χ2v) is 8.71. The molecule has 1 heterocycles. The lowest BCUT2D eigenvalue weighted by atomic mass is 9.87. The van der Waals surface area contributed by atoms with Crippen molar-refractivity contribution < 1.29 is 4.79 Å². The minimum atomic E-state index is -0.120. The predicted molar refractivity (Wildman–Crippen MR) is 107 cm³/mol. The smallest absolute Gasteiger partial charge is 0.257 e. The van der Waals surface area contributed by atoms with Crippen molar-refractivity contribution in [1.29, 1.82) is 0 Å². The highest BCUT2D eigenvalue weighted by Gasteiger charge is 2.16. The Hall–Kier alpha value is -2.20. The molecule has 0 saturated carbocycles. The highest BCUT2D eigenvalue weighted by molar-refractivity contribution is 7.22. The van der Waals surface area contributed by atoms with Gasteiger partial charge in [0, 0.05) is 5.56 Å². The van der Waals surface area contributed by atoms with Crippen LogP contribution in [0.25, 0.3) is 10.2 Å². The zero-order valence-corrected chi connectivity index (χ0v) is 16.2. The molecule has 0 fully saturated rings. The van der Waals surface area contributed by atoms with E-state index in [1.54, 1.807) is 0 Å². The summed E-state index contributed by atoms with van der Waals surface area (Å²) in [5, 5.41) is 3.56. The Morgan fingerprint density at radius 3 is 2.36 bits per heavy atom. The van der Waals surface area contributed by atoms with Crippen LogP contribution in [0.15, 0.2) is 42.5 Å². The summed E-state index contributed by atoms with van der Waals surface area (Å²) in [6, 6.07) is 14.1. The first-order valence-corrected chi connectivity index (χ1v) is 9.38. The van der Waals surface area contributed by atoms with Crippen LogP contribution >= 0.6 is 11.3 Å². The molecule has 0 aliphatic carbocycles. The normalized spacial score (nSPS) is 11.9. The first-order valence-electron chi connectivity index (χ1n) is 8.56. The molecule has 0 aliphatic rings. The van der Waals surface area contributed by atoms with Crippen LogP contribution in [0.4, 0.5) is 5.13 Å². The molecular weight excluding hydrogens is 328 g/mol. The minimum Gasteiger partial charge on any atom is -0.298 e. The van der Waals surface area contributed by atoms with Crippen LogP contribution in [-0.4, -0.2) is 10.9 Å². The van der Waals surface area contributed by atoms with Crippen LogP contribution in [0, 0.1) is 0 Å². The number of rotatable bonds is 3. The molecule has 0 saturated heterocycles. The number of hydrogen-bond donors (Lipinski definition) is 1. The number of fused-ring (bicyclic) bond motifs is 1. The number of carbonyl (C=O) groups is 1. The van der Waals surface area contributed by atoms with E-state index in [0.717, 1.165) is 10.2 Å². The number of aromatic nitrogens is 1. The summed E-state index contributed by atoms with van der Waals surface area (Å²) in [4.78, 5) is 17.0. The molecule has 0 spiro atoms. The first-order chi connectivity index (χ1) is 11.7. The second-order valence-electron chi connectivity index (χ2n) is 7.68. The molecule has 3 nitrogen and oxygen atoms in total. The van der Waals surface area contributed by atoms with Crippen LogP contribution in [0.5, 0.6) is 0 Å². The molecule has 0 unspecified atom stereocenters. The lowest BCUT2D eigenvalue weighted by Crippen LogP contribution is -2.11. The van der Waals surface area contributed by atoms with Gasteiger partial charge in [0.25, 0.3) is 5.91 Å². The number of thiazole rings is 1. The van der Waals surface area contributed by atoms with Crippen LogP contribution < -0.4 is 5.32 Å². The fraction of sp³-hybridized carbons (Fsp3) is 0.333. The minimum absolute atomic E-state index is 0.0970. The van der Waals surface area contributed by atoms with Gasteiger partial charge < -0.3 is 0 Å². The second kappa shape index (κ2) is 6.60. The number of nitrogens with zero attached hydrogens (tertiary/aromatic N) is 1. The molecular formula is C21H24N2OS. The van der Waals surface area contributed by atoms with Gasteiger partial charge >= 0.3 is 0 Å². The van der Waals surface area contributed by atoms with E-state index in [-0.39, 0.29) is 11.3 Å². The Morgan fingerprint density at radius 2 is 1.76 bits per heavy atom. The Kier molecular flexibility index (Phi) is 4.65. The zero-order chi connectivity index (χ0) is 18.2. The van der Waals surface area contributed by atoms with E-state index in [4.69, 9.17) is 0 Å². The monoisotopic (exact) mass is 352 g/mol. The van der Waals surface area contributed by atoms with Crippen LogP contribution in [0.3, 0.4) is 0 Å². The van der Waals surface area contributed by atoms with Crippen LogP contribution in [0.1, 0.15) is 62.0 Å². The standard InChI is InChI=1S/C21H24N2OS/c1-13(2)14-6-8-15(9-7-14)19(24)23-20-22-17-11-10-16(21(3,4)5)12-18(17)25-20/h6-13H,1-5H3,(H,22,23,24).